The summed E-state index contributed by atoms with van der Waals surface area (Å²) in [5.41, 5.74) is 7.61. The highest BCUT2D eigenvalue weighted by atomic mass is 16.5. The molecule has 0 aliphatic heterocycles. The number of aromatic nitrogens is 1. The fraction of sp³-hybridized carbons (Fsp3) is 0.476. The molecule has 0 amide bonds. The number of rotatable bonds is 9. The Morgan fingerprint density at radius 1 is 1.36 bits per heavy atom. The van der Waals surface area contributed by atoms with Gasteiger partial charge in [-0.25, -0.2) is 0 Å². The molecular formula is C21H30N2O2. The molecule has 3 N–H and O–H groups in total. The summed E-state index contributed by atoms with van der Waals surface area (Å²) in [6.07, 6.45) is 4.94. The summed E-state index contributed by atoms with van der Waals surface area (Å²) >= 11 is 0. The van der Waals surface area contributed by atoms with E-state index in [1.54, 1.807) is 13.3 Å². The van der Waals surface area contributed by atoms with Crippen molar-refractivity contribution in [3.05, 3.63) is 48.7 Å². The minimum absolute atomic E-state index is 0.154. The first-order valence-electron chi connectivity index (χ1n) is 8.99. The maximum atomic E-state index is 11.1. The van der Waals surface area contributed by atoms with Crippen molar-refractivity contribution in [1.82, 2.24) is 4.98 Å². The molecule has 4 atom stereocenters. The Morgan fingerprint density at radius 3 is 2.72 bits per heavy atom. The highest BCUT2D eigenvalue weighted by Crippen LogP contribution is 2.36. The van der Waals surface area contributed by atoms with Crippen LogP contribution in [0.15, 0.2) is 43.1 Å². The lowest BCUT2D eigenvalue weighted by atomic mass is 9.80. The normalized spacial score (nSPS) is 16.2. The molecule has 0 fully saturated rings. The molecule has 0 spiro atoms. The maximum Gasteiger partial charge on any atom is 0.119 e. The van der Waals surface area contributed by atoms with Gasteiger partial charge in [-0.15, -0.1) is 6.58 Å². The number of aliphatic hydroxyl groups excluding tert-OH is 1. The maximum absolute atomic E-state index is 11.1. The first-order valence-corrected chi connectivity index (χ1v) is 8.99. The van der Waals surface area contributed by atoms with Gasteiger partial charge in [0, 0.05) is 11.6 Å². The molecule has 0 saturated carbocycles. The molecule has 0 unspecified atom stereocenters. The van der Waals surface area contributed by atoms with Crippen LogP contribution < -0.4 is 10.5 Å². The first-order chi connectivity index (χ1) is 12.0. The van der Waals surface area contributed by atoms with Gasteiger partial charge in [0.1, 0.15) is 5.75 Å². The van der Waals surface area contributed by atoms with E-state index >= 15 is 0 Å². The number of hydrogen-bond donors (Lipinski definition) is 2. The molecule has 136 valence electrons. The highest BCUT2D eigenvalue weighted by Gasteiger charge is 2.25. The predicted octanol–water partition coefficient (Wildman–Crippen LogP) is 4.09. The van der Waals surface area contributed by atoms with Crippen LogP contribution >= 0.6 is 0 Å². The van der Waals surface area contributed by atoms with Gasteiger partial charge in [-0.1, -0.05) is 26.3 Å². The minimum Gasteiger partial charge on any atom is -0.497 e. The Bertz CT molecular complexity index is 701. The Kier molecular flexibility index (Phi) is 6.97. The van der Waals surface area contributed by atoms with E-state index < -0.39 is 6.10 Å². The van der Waals surface area contributed by atoms with Crippen molar-refractivity contribution in [1.29, 1.82) is 0 Å². The lowest BCUT2D eigenvalue weighted by Crippen LogP contribution is -2.24. The highest BCUT2D eigenvalue weighted by molar-refractivity contribution is 5.83. The molecule has 4 nitrogen and oxygen atoms in total. The van der Waals surface area contributed by atoms with E-state index in [4.69, 9.17) is 10.5 Å². The molecule has 0 aliphatic rings. The molecule has 0 saturated heterocycles. The predicted molar refractivity (Wildman–Crippen MR) is 104 cm³/mol. The first kappa shape index (κ1) is 19.4. The number of methoxy groups -OCH3 is 1. The van der Waals surface area contributed by atoms with Gasteiger partial charge in [0.2, 0.25) is 0 Å². The molecule has 2 aromatic rings. The summed E-state index contributed by atoms with van der Waals surface area (Å²) in [6, 6.07) is 7.67. The summed E-state index contributed by atoms with van der Waals surface area (Å²) in [4.78, 5) is 4.40. The van der Waals surface area contributed by atoms with Gasteiger partial charge in [0.15, 0.2) is 0 Å². The monoisotopic (exact) mass is 342 g/mol. The second-order valence-corrected chi connectivity index (χ2v) is 6.74. The summed E-state index contributed by atoms with van der Waals surface area (Å²) in [5.74, 6) is 1.58. The van der Waals surface area contributed by atoms with Crippen LogP contribution in [0.1, 0.15) is 38.4 Å². The zero-order chi connectivity index (χ0) is 18.4. The average molecular weight is 342 g/mol. The number of ether oxygens (including phenoxy) is 1. The topological polar surface area (TPSA) is 68.4 Å². The van der Waals surface area contributed by atoms with E-state index in [0.29, 0.717) is 12.5 Å². The van der Waals surface area contributed by atoms with Gasteiger partial charge < -0.3 is 15.6 Å². The smallest absolute Gasteiger partial charge is 0.119 e. The van der Waals surface area contributed by atoms with Crippen LogP contribution in [0.4, 0.5) is 0 Å². The number of benzene rings is 1. The minimum atomic E-state index is -0.548. The molecular weight excluding hydrogens is 312 g/mol. The average Bonchev–Trinajstić information content (AvgIpc) is 2.65. The van der Waals surface area contributed by atoms with Gasteiger partial charge >= 0.3 is 0 Å². The number of fused-ring (bicyclic) bond motifs is 1. The fourth-order valence-electron chi connectivity index (χ4n) is 3.52. The van der Waals surface area contributed by atoms with Crippen LogP contribution in [0.25, 0.3) is 10.9 Å². The van der Waals surface area contributed by atoms with Crippen LogP contribution in [0.5, 0.6) is 5.75 Å². The summed E-state index contributed by atoms with van der Waals surface area (Å²) in [7, 11) is 1.65. The van der Waals surface area contributed by atoms with E-state index in [1.807, 2.05) is 30.3 Å². The van der Waals surface area contributed by atoms with E-state index in [2.05, 4.69) is 25.4 Å². The van der Waals surface area contributed by atoms with Crippen LogP contribution in [0, 0.1) is 17.8 Å². The zero-order valence-corrected chi connectivity index (χ0v) is 15.5. The van der Waals surface area contributed by atoms with Crippen molar-refractivity contribution in [3.8, 4) is 5.75 Å². The molecule has 1 aromatic heterocycles. The second-order valence-electron chi connectivity index (χ2n) is 6.74. The number of aliphatic hydroxyl groups is 1. The molecule has 25 heavy (non-hydrogen) atoms. The van der Waals surface area contributed by atoms with Crippen molar-refractivity contribution in [2.75, 3.05) is 13.7 Å². The van der Waals surface area contributed by atoms with E-state index in [0.717, 1.165) is 35.1 Å². The van der Waals surface area contributed by atoms with Gasteiger partial charge in [0.25, 0.3) is 0 Å². The Hall–Kier alpha value is -1.91. The lowest BCUT2D eigenvalue weighted by molar-refractivity contribution is 0.0881. The van der Waals surface area contributed by atoms with Crippen LogP contribution in [0.2, 0.25) is 0 Å². The molecule has 4 heteroatoms. The lowest BCUT2D eigenvalue weighted by Gasteiger charge is -2.28. The van der Waals surface area contributed by atoms with E-state index in [1.165, 1.54) is 0 Å². The molecule has 1 aromatic carbocycles. The second kappa shape index (κ2) is 8.97. The standard InChI is InChI=1S/C21H30N2O2/c1-5-15(11-14(3)16(6-2)13-22)21(24)18-9-10-23-20-8-7-17(25-4)12-19(18)20/h6-10,12,14-16,21,24H,2,5,11,13,22H2,1,3-4H3/t14-,15+,16-,21+/m0/s1. The third-order valence-corrected chi connectivity index (χ3v) is 5.25. The van der Waals surface area contributed by atoms with Crippen molar-refractivity contribution in [3.63, 3.8) is 0 Å². The van der Waals surface area contributed by atoms with E-state index in [-0.39, 0.29) is 11.8 Å². The van der Waals surface area contributed by atoms with Gasteiger partial charge in [-0.05, 0) is 60.5 Å². The fourth-order valence-corrected chi connectivity index (χ4v) is 3.52. The third-order valence-electron chi connectivity index (χ3n) is 5.25. The number of nitrogens with two attached hydrogens (primary N) is 1. The molecule has 1 heterocycles. The Labute approximate surface area is 150 Å². The largest absolute Gasteiger partial charge is 0.497 e. The van der Waals surface area contributed by atoms with Crippen LogP contribution in [0.3, 0.4) is 0 Å². The Balaban J connectivity index is 2.32. The number of pyridine rings is 1. The van der Waals surface area contributed by atoms with E-state index in [9.17, 15) is 5.11 Å². The summed E-state index contributed by atoms with van der Waals surface area (Å²) in [5, 5.41) is 12.0. The molecule has 0 bridgehead atoms. The summed E-state index contributed by atoms with van der Waals surface area (Å²) in [6.45, 7) is 8.78. The zero-order valence-electron chi connectivity index (χ0n) is 15.5. The number of hydrogen-bond acceptors (Lipinski definition) is 4. The van der Waals surface area contributed by atoms with Crippen LogP contribution in [-0.2, 0) is 0 Å². The third kappa shape index (κ3) is 4.39. The quantitative estimate of drug-likeness (QED) is 0.674. The molecule has 0 radical (unpaired) electrons. The van der Waals surface area contributed by atoms with Crippen molar-refractivity contribution >= 4 is 10.9 Å². The number of nitrogens with zero attached hydrogens (tertiary/aromatic N) is 1. The molecule has 2 rings (SSSR count). The molecule has 0 aliphatic carbocycles. The van der Waals surface area contributed by atoms with Gasteiger partial charge in [-0.2, -0.15) is 0 Å². The summed E-state index contributed by atoms with van der Waals surface area (Å²) < 4.78 is 5.33. The van der Waals surface area contributed by atoms with Crippen molar-refractivity contribution in [2.24, 2.45) is 23.5 Å². The van der Waals surface area contributed by atoms with Crippen molar-refractivity contribution < 1.29 is 9.84 Å². The van der Waals surface area contributed by atoms with Gasteiger partial charge in [-0.3, -0.25) is 4.98 Å². The van der Waals surface area contributed by atoms with Crippen LogP contribution in [-0.4, -0.2) is 23.7 Å². The van der Waals surface area contributed by atoms with Crippen molar-refractivity contribution in [2.45, 2.75) is 32.8 Å². The SMILES string of the molecule is C=C[C@@H](CN)[C@@H](C)C[C@@H](CC)[C@@H](O)c1ccnc2ccc(OC)cc12. The van der Waals surface area contributed by atoms with Gasteiger partial charge in [0.05, 0.1) is 18.7 Å². The Morgan fingerprint density at radius 2 is 2.12 bits per heavy atom.